The van der Waals surface area contributed by atoms with E-state index in [4.69, 9.17) is 4.52 Å². The van der Waals surface area contributed by atoms with Crippen LogP contribution in [-0.4, -0.2) is 34.0 Å². The summed E-state index contributed by atoms with van der Waals surface area (Å²) in [5.74, 6) is 1.48. The molecule has 1 aliphatic heterocycles. The van der Waals surface area contributed by atoms with Crippen LogP contribution in [0.5, 0.6) is 0 Å². The highest BCUT2D eigenvalue weighted by molar-refractivity contribution is 5.85. The van der Waals surface area contributed by atoms with Gasteiger partial charge >= 0.3 is 0 Å². The molecule has 1 saturated heterocycles. The lowest BCUT2D eigenvalue weighted by molar-refractivity contribution is -0.141. The number of piperidine rings is 1. The van der Waals surface area contributed by atoms with Crippen molar-refractivity contribution in [2.75, 3.05) is 13.1 Å². The molecule has 3 rings (SSSR count). The Bertz CT molecular complexity index is 598. The largest absolute Gasteiger partial charge is 0.341 e. The van der Waals surface area contributed by atoms with Gasteiger partial charge in [-0.05, 0) is 25.7 Å². The van der Waals surface area contributed by atoms with E-state index in [9.17, 15) is 10.1 Å². The zero-order valence-electron chi connectivity index (χ0n) is 13.8. The van der Waals surface area contributed by atoms with Crippen LogP contribution in [0.1, 0.15) is 69.5 Å². The number of nitrogens with zero attached hydrogens (tertiary/aromatic N) is 4. The number of hydrogen-bond acceptors (Lipinski definition) is 5. The van der Waals surface area contributed by atoms with Crippen LogP contribution in [0.4, 0.5) is 0 Å². The molecule has 23 heavy (non-hydrogen) atoms. The Morgan fingerprint density at radius 1 is 1.39 bits per heavy atom. The SMILES string of the molecule is CCc1nc(C2CCCN(C(=O)C3(C#N)CCCCC3)C2)no1. The highest BCUT2D eigenvalue weighted by Crippen LogP contribution is 2.39. The van der Waals surface area contributed by atoms with Crippen molar-refractivity contribution in [2.24, 2.45) is 5.41 Å². The molecule has 2 aliphatic rings. The van der Waals surface area contributed by atoms with Gasteiger partial charge < -0.3 is 9.42 Å². The first-order valence-electron chi connectivity index (χ1n) is 8.71. The Morgan fingerprint density at radius 2 is 2.17 bits per heavy atom. The molecule has 124 valence electrons. The fourth-order valence-electron chi connectivity index (χ4n) is 3.78. The Kier molecular flexibility index (Phi) is 4.65. The van der Waals surface area contributed by atoms with Crippen LogP contribution in [0.25, 0.3) is 0 Å². The third kappa shape index (κ3) is 3.10. The van der Waals surface area contributed by atoms with E-state index in [0.717, 1.165) is 45.1 Å². The molecule has 6 heteroatoms. The summed E-state index contributed by atoms with van der Waals surface area (Å²) in [7, 11) is 0. The van der Waals surface area contributed by atoms with Gasteiger partial charge in [0.2, 0.25) is 11.8 Å². The van der Waals surface area contributed by atoms with Crippen LogP contribution in [0.3, 0.4) is 0 Å². The zero-order chi connectivity index (χ0) is 16.3. The number of aryl methyl sites for hydroxylation is 1. The van der Waals surface area contributed by atoms with E-state index in [-0.39, 0.29) is 11.8 Å². The minimum atomic E-state index is -0.800. The van der Waals surface area contributed by atoms with Crippen molar-refractivity contribution in [2.45, 2.75) is 64.2 Å². The third-order valence-electron chi connectivity index (χ3n) is 5.19. The highest BCUT2D eigenvalue weighted by Gasteiger charge is 2.43. The van der Waals surface area contributed by atoms with Crippen molar-refractivity contribution >= 4 is 5.91 Å². The van der Waals surface area contributed by atoms with Gasteiger partial charge in [0, 0.05) is 25.4 Å². The minimum Gasteiger partial charge on any atom is -0.341 e. The molecular formula is C17H24N4O2. The fourth-order valence-corrected chi connectivity index (χ4v) is 3.78. The average Bonchev–Trinajstić information content (AvgIpc) is 3.11. The summed E-state index contributed by atoms with van der Waals surface area (Å²) >= 11 is 0. The quantitative estimate of drug-likeness (QED) is 0.856. The average molecular weight is 316 g/mol. The van der Waals surface area contributed by atoms with Crippen LogP contribution in [0, 0.1) is 16.7 Å². The number of amides is 1. The van der Waals surface area contributed by atoms with Gasteiger partial charge in [0.1, 0.15) is 5.41 Å². The highest BCUT2D eigenvalue weighted by atomic mass is 16.5. The number of nitriles is 1. The Balaban J connectivity index is 1.72. The normalized spacial score (nSPS) is 24.2. The summed E-state index contributed by atoms with van der Waals surface area (Å²) in [5.41, 5.74) is -0.800. The van der Waals surface area contributed by atoms with Crippen molar-refractivity contribution in [3.05, 3.63) is 11.7 Å². The fraction of sp³-hybridized carbons (Fsp3) is 0.765. The predicted molar refractivity (Wildman–Crippen MR) is 83.4 cm³/mol. The molecule has 0 N–H and O–H groups in total. The van der Waals surface area contributed by atoms with E-state index >= 15 is 0 Å². The van der Waals surface area contributed by atoms with Gasteiger partial charge in [0.15, 0.2) is 5.82 Å². The molecule has 1 atom stereocenters. The van der Waals surface area contributed by atoms with Gasteiger partial charge in [-0.25, -0.2) is 0 Å². The van der Waals surface area contributed by atoms with E-state index in [0.29, 0.717) is 31.1 Å². The van der Waals surface area contributed by atoms with E-state index in [1.165, 1.54) is 0 Å². The van der Waals surface area contributed by atoms with Gasteiger partial charge in [-0.3, -0.25) is 4.79 Å². The number of rotatable bonds is 3. The maximum absolute atomic E-state index is 13.0. The smallest absolute Gasteiger partial charge is 0.243 e. The number of hydrogen-bond donors (Lipinski definition) is 0. The first-order valence-corrected chi connectivity index (χ1v) is 8.71. The van der Waals surface area contributed by atoms with Crippen LogP contribution in [-0.2, 0) is 11.2 Å². The Hall–Kier alpha value is -1.90. The second-order valence-electron chi connectivity index (χ2n) is 6.74. The molecular weight excluding hydrogens is 292 g/mol. The van der Waals surface area contributed by atoms with Crippen LogP contribution < -0.4 is 0 Å². The molecule has 0 radical (unpaired) electrons. The maximum Gasteiger partial charge on any atom is 0.243 e. The van der Waals surface area contributed by atoms with E-state index < -0.39 is 5.41 Å². The minimum absolute atomic E-state index is 0.0172. The topological polar surface area (TPSA) is 83.0 Å². The molecule has 0 bridgehead atoms. The standard InChI is InChI=1S/C17H24N4O2/c1-2-14-19-15(20-23-14)13-7-6-10-21(11-13)16(22)17(12-18)8-4-3-5-9-17/h13H,2-11H2,1H3. The van der Waals surface area contributed by atoms with Gasteiger partial charge in [0.05, 0.1) is 6.07 Å². The lowest BCUT2D eigenvalue weighted by Crippen LogP contribution is -2.48. The summed E-state index contributed by atoms with van der Waals surface area (Å²) in [6.45, 7) is 3.32. The van der Waals surface area contributed by atoms with Crippen molar-refractivity contribution in [1.29, 1.82) is 5.26 Å². The second kappa shape index (κ2) is 6.69. The molecule has 1 aliphatic carbocycles. The maximum atomic E-state index is 13.0. The molecule has 0 aromatic carbocycles. The molecule has 0 spiro atoms. The van der Waals surface area contributed by atoms with Crippen molar-refractivity contribution in [3.63, 3.8) is 0 Å². The number of aromatic nitrogens is 2. The molecule has 1 aromatic heterocycles. The first-order chi connectivity index (χ1) is 11.2. The number of likely N-dealkylation sites (tertiary alicyclic amines) is 1. The molecule has 2 heterocycles. The van der Waals surface area contributed by atoms with E-state index in [2.05, 4.69) is 16.2 Å². The van der Waals surface area contributed by atoms with Gasteiger partial charge in [-0.15, -0.1) is 0 Å². The number of carbonyl (C=O) groups excluding carboxylic acids is 1. The van der Waals surface area contributed by atoms with Crippen LogP contribution in [0.15, 0.2) is 4.52 Å². The third-order valence-corrected chi connectivity index (χ3v) is 5.19. The summed E-state index contributed by atoms with van der Waals surface area (Å²) in [4.78, 5) is 19.3. The molecule has 1 saturated carbocycles. The summed E-state index contributed by atoms with van der Waals surface area (Å²) in [6.07, 6.45) is 7.09. The lowest BCUT2D eigenvalue weighted by Gasteiger charge is -2.38. The summed E-state index contributed by atoms with van der Waals surface area (Å²) in [5, 5.41) is 13.7. The molecule has 1 unspecified atom stereocenters. The second-order valence-corrected chi connectivity index (χ2v) is 6.74. The van der Waals surface area contributed by atoms with Crippen molar-refractivity contribution in [1.82, 2.24) is 15.0 Å². The molecule has 1 amide bonds. The Labute approximate surface area is 136 Å². The molecule has 6 nitrogen and oxygen atoms in total. The van der Waals surface area contributed by atoms with E-state index in [1.54, 1.807) is 0 Å². The van der Waals surface area contributed by atoms with Gasteiger partial charge in [-0.2, -0.15) is 10.2 Å². The summed E-state index contributed by atoms with van der Waals surface area (Å²) in [6, 6.07) is 2.34. The van der Waals surface area contributed by atoms with Gasteiger partial charge in [-0.1, -0.05) is 31.3 Å². The lowest BCUT2D eigenvalue weighted by atomic mass is 9.74. The van der Waals surface area contributed by atoms with Gasteiger partial charge in [0.25, 0.3) is 0 Å². The Morgan fingerprint density at radius 3 is 2.83 bits per heavy atom. The zero-order valence-corrected chi connectivity index (χ0v) is 13.8. The van der Waals surface area contributed by atoms with Crippen LogP contribution in [0.2, 0.25) is 0 Å². The molecule has 2 fully saturated rings. The monoisotopic (exact) mass is 316 g/mol. The first kappa shape index (κ1) is 16.0. The molecule has 1 aromatic rings. The number of carbonyl (C=O) groups is 1. The summed E-state index contributed by atoms with van der Waals surface area (Å²) < 4.78 is 5.20. The van der Waals surface area contributed by atoms with Crippen molar-refractivity contribution in [3.8, 4) is 6.07 Å². The van der Waals surface area contributed by atoms with E-state index in [1.807, 2.05) is 11.8 Å². The van der Waals surface area contributed by atoms with Crippen LogP contribution >= 0.6 is 0 Å². The van der Waals surface area contributed by atoms with Crippen molar-refractivity contribution < 1.29 is 9.32 Å². The predicted octanol–water partition coefficient (Wildman–Crippen LogP) is 2.81.